The molecule has 0 aromatic carbocycles. The topological polar surface area (TPSA) is 85.3 Å². The quantitative estimate of drug-likeness (QED) is 0.739. The van der Waals surface area contributed by atoms with Crippen LogP contribution in [0.15, 0.2) is 15.9 Å². The lowest BCUT2D eigenvalue weighted by molar-refractivity contribution is 0.201. The fourth-order valence-electron chi connectivity index (χ4n) is 2.72. The Labute approximate surface area is 128 Å². The van der Waals surface area contributed by atoms with Crippen molar-refractivity contribution in [2.75, 3.05) is 26.7 Å². The Balaban J connectivity index is 2.34. The number of hydrogen-bond donors (Lipinski definition) is 1. The number of likely N-dealkylation sites (N-methyl/N-ethyl adjacent to an activating group) is 1. The van der Waals surface area contributed by atoms with Crippen molar-refractivity contribution < 1.29 is 5.11 Å². The van der Waals surface area contributed by atoms with E-state index in [1.807, 2.05) is 11.9 Å². The number of aliphatic hydroxyl groups is 1. The van der Waals surface area contributed by atoms with Gasteiger partial charge in [-0.3, -0.25) is 13.9 Å². The van der Waals surface area contributed by atoms with Crippen LogP contribution in [-0.2, 0) is 20.6 Å². The molecule has 0 saturated heterocycles. The Morgan fingerprint density at radius 1 is 1.32 bits per heavy atom. The van der Waals surface area contributed by atoms with Gasteiger partial charge in [-0.15, -0.1) is 0 Å². The number of fused-ring (bicyclic) bond motifs is 1. The molecule has 2 aromatic heterocycles. The van der Waals surface area contributed by atoms with Crippen LogP contribution in [0.25, 0.3) is 11.2 Å². The van der Waals surface area contributed by atoms with E-state index in [0.29, 0.717) is 24.3 Å². The zero-order valence-corrected chi connectivity index (χ0v) is 13.5. The maximum atomic E-state index is 12.3. The van der Waals surface area contributed by atoms with Crippen LogP contribution >= 0.6 is 0 Å². The second-order valence-corrected chi connectivity index (χ2v) is 5.87. The third kappa shape index (κ3) is 2.97. The Morgan fingerprint density at radius 3 is 2.64 bits per heavy atom. The molecule has 0 aliphatic rings. The molecule has 1 N–H and O–H groups in total. The number of hydrogen-bond acceptors (Lipinski definition) is 5. The minimum atomic E-state index is -0.376. The molecule has 22 heavy (non-hydrogen) atoms. The molecule has 0 unspecified atom stereocenters. The van der Waals surface area contributed by atoms with Crippen LogP contribution in [0, 0.1) is 5.92 Å². The highest BCUT2D eigenvalue weighted by Crippen LogP contribution is 2.09. The fraction of sp³-hybridized carbons (Fsp3) is 0.643. The molecule has 0 fully saturated rings. The van der Waals surface area contributed by atoms with Gasteiger partial charge in [0.15, 0.2) is 11.2 Å². The normalized spacial score (nSPS) is 13.2. The molecule has 0 aliphatic carbocycles. The van der Waals surface area contributed by atoms with Crippen LogP contribution < -0.4 is 11.2 Å². The molecule has 122 valence electrons. The van der Waals surface area contributed by atoms with Gasteiger partial charge in [-0.25, -0.2) is 9.78 Å². The van der Waals surface area contributed by atoms with Crippen LogP contribution in [0.3, 0.4) is 0 Å². The van der Waals surface area contributed by atoms with Gasteiger partial charge in [0.25, 0.3) is 5.56 Å². The molecule has 1 atom stereocenters. The summed E-state index contributed by atoms with van der Waals surface area (Å²) in [5.74, 6) is 0.274. The van der Waals surface area contributed by atoms with Gasteiger partial charge >= 0.3 is 5.69 Å². The lowest BCUT2D eigenvalue weighted by Crippen LogP contribution is -2.38. The first-order chi connectivity index (χ1) is 10.4. The third-order valence-corrected chi connectivity index (χ3v) is 3.83. The van der Waals surface area contributed by atoms with Crippen molar-refractivity contribution in [3.8, 4) is 0 Å². The lowest BCUT2D eigenvalue weighted by Gasteiger charge is -2.20. The second kappa shape index (κ2) is 6.45. The van der Waals surface area contributed by atoms with Crippen LogP contribution in [0.1, 0.15) is 6.92 Å². The number of aromatic nitrogens is 4. The van der Waals surface area contributed by atoms with Gasteiger partial charge in [-0.1, -0.05) is 6.92 Å². The summed E-state index contributed by atoms with van der Waals surface area (Å²) in [6.45, 7) is 4.24. The highest BCUT2D eigenvalue weighted by atomic mass is 16.3. The maximum absolute atomic E-state index is 12.3. The van der Waals surface area contributed by atoms with E-state index in [4.69, 9.17) is 5.11 Å². The Kier molecular flexibility index (Phi) is 4.82. The predicted molar refractivity (Wildman–Crippen MR) is 84.0 cm³/mol. The predicted octanol–water partition coefficient (Wildman–Crippen LogP) is -1.01. The number of rotatable bonds is 6. The molecular formula is C14H23N5O3. The van der Waals surface area contributed by atoms with Crippen LogP contribution in [0.5, 0.6) is 0 Å². The number of aliphatic hydroxyl groups excluding tert-OH is 1. The summed E-state index contributed by atoms with van der Waals surface area (Å²) >= 11 is 0. The van der Waals surface area contributed by atoms with Gasteiger partial charge < -0.3 is 14.6 Å². The molecule has 2 aromatic rings. The van der Waals surface area contributed by atoms with E-state index in [9.17, 15) is 9.59 Å². The molecule has 2 rings (SSSR count). The molecule has 8 heteroatoms. The first-order valence-electron chi connectivity index (χ1n) is 7.27. The van der Waals surface area contributed by atoms with Gasteiger partial charge in [0.1, 0.15) is 0 Å². The minimum absolute atomic E-state index is 0.125. The Hall–Kier alpha value is -1.93. The first kappa shape index (κ1) is 16.4. The standard InChI is InChI=1S/C14H23N5O3/c1-10(7-16(2)5-6-20)8-19-9-15-12-11(19)13(21)18(4)14(22)17(12)3/h9-10,20H,5-8H2,1-4H3/t10-/m0/s1. The van der Waals surface area contributed by atoms with E-state index in [2.05, 4.69) is 11.9 Å². The summed E-state index contributed by atoms with van der Waals surface area (Å²) in [6.07, 6.45) is 1.61. The van der Waals surface area contributed by atoms with E-state index < -0.39 is 0 Å². The third-order valence-electron chi connectivity index (χ3n) is 3.83. The molecule has 2 heterocycles. The Bertz CT molecular complexity index is 773. The summed E-state index contributed by atoms with van der Waals surface area (Å²) in [5, 5.41) is 8.94. The molecule has 0 bridgehead atoms. The van der Waals surface area contributed by atoms with Gasteiger partial charge in [-0.2, -0.15) is 0 Å². The molecule has 0 spiro atoms. The van der Waals surface area contributed by atoms with E-state index in [1.54, 1.807) is 17.9 Å². The average molecular weight is 309 g/mol. The van der Waals surface area contributed by atoms with Gasteiger partial charge in [0.05, 0.1) is 12.9 Å². The summed E-state index contributed by atoms with van der Waals surface area (Å²) in [6, 6.07) is 0. The van der Waals surface area contributed by atoms with E-state index in [0.717, 1.165) is 11.1 Å². The van der Waals surface area contributed by atoms with Crippen molar-refractivity contribution in [3.05, 3.63) is 27.2 Å². The van der Waals surface area contributed by atoms with Crippen LogP contribution in [0.2, 0.25) is 0 Å². The molecule has 0 radical (unpaired) electrons. The first-order valence-corrected chi connectivity index (χ1v) is 7.27. The fourth-order valence-corrected chi connectivity index (χ4v) is 2.72. The average Bonchev–Trinajstić information content (AvgIpc) is 2.86. The molecule has 0 aliphatic heterocycles. The van der Waals surface area contributed by atoms with Crippen LogP contribution in [0.4, 0.5) is 0 Å². The molecule has 0 amide bonds. The molecule has 0 saturated carbocycles. The summed E-state index contributed by atoms with van der Waals surface area (Å²) in [5.41, 5.74) is 0.148. The minimum Gasteiger partial charge on any atom is -0.395 e. The summed E-state index contributed by atoms with van der Waals surface area (Å²) < 4.78 is 4.29. The van der Waals surface area contributed by atoms with Crippen molar-refractivity contribution in [1.29, 1.82) is 0 Å². The number of nitrogens with zero attached hydrogens (tertiary/aromatic N) is 5. The van der Waals surface area contributed by atoms with Crippen molar-refractivity contribution in [3.63, 3.8) is 0 Å². The van der Waals surface area contributed by atoms with Crippen molar-refractivity contribution in [2.45, 2.75) is 13.5 Å². The summed E-state index contributed by atoms with van der Waals surface area (Å²) in [4.78, 5) is 30.5. The number of imidazole rings is 1. The maximum Gasteiger partial charge on any atom is 0.332 e. The van der Waals surface area contributed by atoms with Gasteiger partial charge in [0, 0.05) is 33.7 Å². The van der Waals surface area contributed by atoms with Gasteiger partial charge in [-0.05, 0) is 13.0 Å². The zero-order valence-electron chi connectivity index (χ0n) is 13.5. The van der Waals surface area contributed by atoms with Gasteiger partial charge in [0.2, 0.25) is 0 Å². The van der Waals surface area contributed by atoms with Crippen molar-refractivity contribution in [2.24, 2.45) is 20.0 Å². The highest BCUT2D eigenvalue weighted by molar-refractivity contribution is 5.69. The van der Waals surface area contributed by atoms with Crippen molar-refractivity contribution >= 4 is 11.2 Å². The highest BCUT2D eigenvalue weighted by Gasteiger charge is 2.16. The van der Waals surface area contributed by atoms with Crippen LogP contribution in [-0.4, -0.2) is 55.4 Å². The zero-order chi connectivity index (χ0) is 16.4. The van der Waals surface area contributed by atoms with Crippen molar-refractivity contribution in [1.82, 2.24) is 23.6 Å². The largest absolute Gasteiger partial charge is 0.395 e. The smallest absolute Gasteiger partial charge is 0.332 e. The molecule has 8 nitrogen and oxygen atoms in total. The Morgan fingerprint density at radius 2 is 2.00 bits per heavy atom. The lowest BCUT2D eigenvalue weighted by atomic mass is 10.1. The number of aryl methyl sites for hydroxylation is 1. The van der Waals surface area contributed by atoms with E-state index >= 15 is 0 Å². The van der Waals surface area contributed by atoms with E-state index in [-0.39, 0.29) is 23.8 Å². The monoisotopic (exact) mass is 309 g/mol. The van der Waals surface area contributed by atoms with E-state index in [1.165, 1.54) is 11.6 Å². The molecular weight excluding hydrogens is 286 g/mol. The second-order valence-electron chi connectivity index (χ2n) is 5.87. The SMILES string of the molecule is C[C@@H](CN(C)CCO)Cn1cnc2c1c(=O)n(C)c(=O)n2C. The summed E-state index contributed by atoms with van der Waals surface area (Å²) in [7, 11) is 5.03.